The highest BCUT2D eigenvalue weighted by Crippen LogP contribution is 2.16. The zero-order chi connectivity index (χ0) is 14.4. The molecule has 1 N–H and O–H groups in total. The molecular weight excluding hydrogens is 272 g/mol. The summed E-state index contributed by atoms with van der Waals surface area (Å²) in [5.41, 5.74) is 1.19. The second kappa shape index (κ2) is 7.65. The number of amides is 1. The van der Waals surface area contributed by atoms with E-state index in [1.54, 1.807) is 0 Å². The second-order valence-corrected chi connectivity index (χ2v) is 6.08. The van der Waals surface area contributed by atoms with Crippen LogP contribution in [0.3, 0.4) is 0 Å². The van der Waals surface area contributed by atoms with Gasteiger partial charge in [0.15, 0.2) is 0 Å². The number of benzene rings is 1. The van der Waals surface area contributed by atoms with Crippen LogP contribution < -0.4 is 5.32 Å². The first-order chi connectivity index (χ1) is 9.65. The number of hydrogen-bond acceptors (Lipinski definition) is 2. The first kappa shape index (κ1) is 15.3. The normalized spacial score (nSPS) is 19.1. The maximum Gasteiger partial charge on any atom is 0.223 e. The summed E-state index contributed by atoms with van der Waals surface area (Å²) in [6, 6.07) is 7.78. The number of likely N-dealkylation sites (tertiary alicyclic amines) is 1. The average molecular weight is 295 g/mol. The monoisotopic (exact) mass is 294 g/mol. The van der Waals surface area contributed by atoms with Crippen LogP contribution in [-0.2, 0) is 11.3 Å². The summed E-state index contributed by atoms with van der Waals surface area (Å²) in [4.78, 5) is 14.1. The van der Waals surface area contributed by atoms with E-state index in [0.29, 0.717) is 12.3 Å². The van der Waals surface area contributed by atoms with Crippen LogP contribution in [-0.4, -0.2) is 30.4 Å². The van der Waals surface area contributed by atoms with Gasteiger partial charge in [0.2, 0.25) is 5.91 Å². The lowest BCUT2D eigenvalue weighted by Gasteiger charge is -2.31. The first-order valence-corrected chi connectivity index (χ1v) is 7.76. The highest BCUT2D eigenvalue weighted by molar-refractivity contribution is 6.30. The van der Waals surface area contributed by atoms with E-state index in [1.807, 2.05) is 29.2 Å². The maximum absolute atomic E-state index is 12.1. The van der Waals surface area contributed by atoms with E-state index in [-0.39, 0.29) is 5.91 Å². The van der Waals surface area contributed by atoms with Crippen LogP contribution >= 0.6 is 11.6 Å². The molecule has 1 fully saturated rings. The Morgan fingerprint density at radius 1 is 1.40 bits per heavy atom. The molecule has 1 unspecified atom stereocenters. The lowest BCUT2D eigenvalue weighted by molar-refractivity contribution is -0.132. The predicted molar refractivity (Wildman–Crippen MR) is 82.8 cm³/mol. The number of nitrogens with one attached hydrogen (secondary N) is 1. The van der Waals surface area contributed by atoms with Gasteiger partial charge >= 0.3 is 0 Å². The molecule has 0 radical (unpaired) electrons. The molecule has 0 aliphatic carbocycles. The van der Waals surface area contributed by atoms with Gasteiger partial charge in [0.1, 0.15) is 0 Å². The number of carbonyl (C=O) groups excluding carboxylic acids is 1. The van der Waals surface area contributed by atoms with Gasteiger partial charge in [-0.3, -0.25) is 4.79 Å². The van der Waals surface area contributed by atoms with E-state index < -0.39 is 0 Å². The summed E-state index contributed by atoms with van der Waals surface area (Å²) >= 11 is 5.84. The van der Waals surface area contributed by atoms with Crippen LogP contribution in [0.5, 0.6) is 0 Å². The van der Waals surface area contributed by atoms with Gasteiger partial charge in [0.25, 0.3) is 0 Å². The Hall–Kier alpha value is -1.06. The second-order valence-electron chi connectivity index (χ2n) is 5.64. The van der Waals surface area contributed by atoms with Crippen LogP contribution in [0, 0.1) is 5.92 Å². The Morgan fingerprint density at radius 2 is 2.15 bits per heavy atom. The Morgan fingerprint density at radius 3 is 2.85 bits per heavy atom. The maximum atomic E-state index is 12.1. The molecule has 0 saturated carbocycles. The molecule has 0 bridgehead atoms. The topological polar surface area (TPSA) is 32.3 Å². The van der Waals surface area contributed by atoms with Crippen LogP contribution in [0.4, 0.5) is 0 Å². The van der Waals surface area contributed by atoms with Crippen molar-refractivity contribution in [3.05, 3.63) is 34.9 Å². The van der Waals surface area contributed by atoms with E-state index in [0.717, 1.165) is 37.6 Å². The molecule has 0 aromatic heterocycles. The highest BCUT2D eigenvalue weighted by atomic mass is 35.5. The third-order valence-corrected chi connectivity index (χ3v) is 4.02. The van der Waals surface area contributed by atoms with Crippen LogP contribution in [0.15, 0.2) is 24.3 Å². The van der Waals surface area contributed by atoms with Gasteiger partial charge in [0, 0.05) is 37.6 Å². The van der Waals surface area contributed by atoms with Crippen LogP contribution in [0.25, 0.3) is 0 Å². The van der Waals surface area contributed by atoms with E-state index >= 15 is 0 Å². The summed E-state index contributed by atoms with van der Waals surface area (Å²) in [7, 11) is 0. The smallest absolute Gasteiger partial charge is 0.223 e. The minimum Gasteiger partial charge on any atom is -0.342 e. The van der Waals surface area contributed by atoms with Crippen LogP contribution in [0.2, 0.25) is 5.02 Å². The van der Waals surface area contributed by atoms with Crippen molar-refractivity contribution in [2.45, 2.75) is 32.7 Å². The van der Waals surface area contributed by atoms with E-state index in [4.69, 9.17) is 11.6 Å². The van der Waals surface area contributed by atoms with E-state index in [2.05, 4.69) is 12.2 Å². The van der Waals surface area contributed by atoms with Crippen molar-refractivity contribution >= 4 is 17.5 Å². The van der Waals surface area contributed by atoms with Crippen LogP contribution in [0.1, 0.15) is 31.7 Å². The molecule has 1 aromatic rings. The molecule has 0 spiro atoms. The van der Waals surface area contributed by atoms with Gasteiger partial charge < -0.3 is 10.2 Å². The van der Waals surface area contributed by atoms with Crippen molar-refractivity contribution in [1.82, 2.24) is 10.2 Å². The summed E-state index contributed by atoms with van der Waals surface area (Å²) in [6.45, 7) is 5.59. The fourth-order valence-corrected chi connectivity index (χ4v) is 2.73. The fraction of sp³-hybridized carbons (Fsp3) is 0.562. The van der Waals surface area contributed by atoms with E-state index in [9.17, 15) is 4.79 Å². The molecule has 1 atom stereocenters. The van der Waals surface area contributed by atoms with Gasteiger partial charge in [0.05, 0.1) is 0 Å². The predicted octanol–water partition coefficient (Wildman–Crippen LogP) is 3.08. The fourth-order valence-electron chi connectivity index (χ4n) is 2.60. The van der Waals surface area contributed by atoms with Crippen molar-refractivity contribution in [3.63, 3.8) is 0 Å². The van der Waals surface area contributed by atoms with Crippen molar-refractivity contribution in [2.24, 2.45) is 5.92 Å². The Labute approximate surface area is 126 Å². The molecule has 2 rings (SSSR count). The standard InChI is InChI=1S/C16H23ClN2O/c1-13-3-2-10-19(12-13)16(20)8-9-18-11-14-4-6-15(17)7-5-14/h4-7,13,18H,2-3,8-12H2,1H3. The number of nitrogens with zero attached hydrogens (tertiary/aromatic N) is 1. The van der Waals surface area contributed by atoms with E-state index in [1.165, 1.54) is 12.0 Å². The zero-order valence-corrected chi connectivity index (χ0v) is 12.8. The van der Waals surface area contributed by atoms with Gasteiger partial charge in [-0.25, -0.2) is 0 Å². The minimum atomic E-state index is 0.278. The largest absolute Gasteiger partial charge is 0.342 e. The van der Waals surface area contributed by atoms with Gasteiger partial charge in [-0.05, 0) is 36.5 Å². The summed E-state index contributed by atoms with van der Waals surface area (Å²) in [5, 5.41) is 4.06. The summed E-state index contributed by atoms with van der Waals surface area (Å²) in [6.07, 6.45) is 2.98. The van der Waals surface area contributed by atoms with Crippen molar-refractivity contribution < 1.29 is 4.79 Å². The average Bonchev–Trinajstić information content (AvgIpc) is 2.45. The summed E-state index contributed by atoms with van der Waals surface area (Å²) in [5.74, 6) is 0.926. The minimum absolute atomic E-state index is 0.278. The number of piperidine rings is 1. The van der Waals surface area contributed by atoms with Crippen molar-refractivity contribution in [2.75, 3.05) is 19.6 Å². The number of carbonyl (C=O) groups is 1. The molecule has 3 nitrogen and oxygen atoms in total. The molecule has 110 valence electrons. The van der Waals surface area contributed by atoms with Gasteiger partial charge in [-0.1, -0.05) is 30.7 Å². The molecular formula is C16H23ClN2O. The number of rotatable bonds is 5. The molecule has 1 aliphatic heterocycles. The molecule has 1 saturated heterocycles. The first-order valence-electron chi connectivity index (χ1n) is 7.38. The number of hydrogen-bond donors (Lipinski definition) is 1. The quantitative estimate of drug-likeness (QED) is 0.847. The lowest BCUT2D eigenvalue weighted by atomic mass is 10.00. The zero-order valence-electron chi connectivity index (χ0n) is 12.1. The Balaban J connectivity index is 1.65. The van der Waals surface area contributed by atoms with Crippen molar-refractivity contribution in [3.8, 4) is 0 Å². The molecule has 4 heteroatoms. The third-order valence-electron chi connectivity index (χ3n) is 3.77. The highest BCUT2D eigenvalue weighted by Gasteiger charge is 2.20. The molecule has 1 heterocycles. The Kier molecular flexibility index (Phi) is 5.86. The van der Waals surface area contributed by atoms with Gasteiger partial charge in [-0.15, -0.1) is 0 Å². The number of halogens is 1. The lowest BCUT2D eigenvalue weighted by Crippen LogP contribution is -2.40. The molecule has 1 amide bonds. The third kappa shape index (κ3) is 4.80. The molecule has 1 aromatic carbocycles. The van der Waals surface area contributed by atoms with Gasteiger partial charge in [-0.2, -0.15) is 0 Å². The Bertz CT molecular complexity index is 433. The molecule has 20 heavy (non-hydrogen) atoms. The SMILES string of the molecule is CC1CCCN(C(=O)CCNCc2ccc(Cl)cc2)C1. The summed E-state index contributed by atoms with van der Waals surface area (Å²) < 4.78 is 0. The molecule has 1 aliphatic rings. The van der Waals surface area contributed by atoms with Crippen molar-refractivity contribution in [1.29, 1.82) is 0 Å².